The maximum absolute atomic E-state index is 10.1. The summed E-state index contributed by atoms with van der Waals surface area (Å²) in [6.07, 6.45) is 1.84. The maximum Gasteiger partial charge on any atom is 0.336 e. The lowest BCUT2D eigenvalue weighted by atomic mass is 10.1. The number of carboxylic acid groups (broad SMARTS) is 1. The number of aryl methyl sites for hydroxylation is 2. The Morgan fingerprint density at radius 3 is 2.53 bits per heavy atom. The van der Waals surface area contributed by atoms with Gasteiger partial charge in [0.25, 0.3) is 0 Å². The summed E-state index contributed by atoms with van der Waals surface area (Å²) >= 11 is 1.39. The van der Waals surface area contributed by atoms with E-state index < -0.39 is 5.97 Å². The molecule has 3 N–H and O–H groups in total. The number of halogens is 1. The summed E-state index contributed by atoms with van der Waals surface area (Å²) < 4.78 is 0. The minimum atomic E-state index is -0.855. The van der Waals surface area contributed by atoms with E-state index in [-0.39, 0.29) is 12.4 Å². The molecule has 0 bridgehead atoms. The number of rotatable bonds is 2. The second-order valence-electron chi connectivity index (χ2n) is 3.77. The number of hydrogen-bond donors (Lipinski definition) is 2. The molecule has 6 heteroatoms. The fraction of sp³-hybridized carbons (Fsp3) is 0.231. The average molecular weight is 301 g/mol. The van der Waals surface area contributed by atoms with Gasteiger partial charge in [0, 0.05) is 23.8 Å². The van der Waals surface area contributed by atoms with Crippen LogP contribution in [0, 0.1) is 13.8 Å². The van der Waals surface area contributed by atoms with E-state index >= 15 is 0 Å². The van der Waals surface area contributed by atoms with Crippen molar-refractivity contribution >= 4 is 29.7 Å². The first-order valence-electron chi connectivity index (χ1n) is 5.42. The first kappa shape index (κ1) is 17.6. The van der Waals surface area contributed by atoms with Gasteiger partial charge in [-0.3, -0.25) is 4.98 Å². The van der Waals surface area contributed by atoms with E-state index in [1.807, 2.05) is 19.2 Å². The molecule has 0 spiro atoms. The van der Waals surface area contributed by atoms with Gasteiger partial charge >= 0.3 is 5.97 Å². The van der Waals surface area contributed by atoms with E-state index in [2.05, 4.69) is 11.9 Å². The van der Waals surface area contributed by atoms with Crippen LogP contribution in [-0.4, -0.2) is 16.1 Å². The van der Waals surface area contributed by atoms with Crippen LogP contribution in [0.25, 0.3) is 0 Å². The highest BCUT2D eigenvalue weighted by Gasteiger charge is 1.98. The number of nitrogens with two attached hydrogens (primary N) is 1. The fourth-order valence-corrected chi connectivity index (χ4v) is 1.95. The van der Waals surface area contributed by atoms with Gasteiger partial charge in [-0.2, -0.15) is 11.3 Å². The summed E-state index contributed by atoms with van der Waals surface area (Å²) in [5.41, 5.74) is 9.24. The van der Waals surface area contributed by atoms with Crippen LogP contribution >= 0.6 is 23.7 Å². The Morgan fingerprint density at radius 1 is 1.47 bits per heavy atom. The van der Waals surface area contributed by atoms with E-state index in [0.29, 0.717) is 12.1 Å². The van der Waals surface area contributed by atoms with Crippen molar-refractivity contribution in [3.63, 3.8) is 0 Å². The van der Waals surface area contributed by atoms with E-state index in [4.69, 9.17) is 10.8 Å². The number of aromatic nitrogens is 1. The predicted octanol–water partition coefficient (Wildman–Crippen LogP) is 3.03. The third-order valence-electron chi connectivity index (χ3n) is 2.34. The van der Waals surface area contributed by atoms with Gasteiger partial charge in [-0.05, 0) is 42.5 Å². The molecule has 0 amide bonds. The molecule has 0 aliphatic rings. The Labute approximate surface area is 122 Å². The molecule has 0 aliphatic heterocycles. The highest BCUT2D eigenvalue weighted by molar-refractivity contribution is 7.08. The van der Waals surface area contributed by atoms with Crippen LogP contribution < -0.4 is 5.73 Å². The van der Waals surface area contributed by atoms with Crippen LogP contribution in [0.1, 0.15) is 27.2 Å². The summed E-state index contributed by atoms with van der Waals surface area (Å²) in [6, 6.07) is 3.62. The zero-order chi connectivity index (χ0) is 13.5. The molecule has 2 heterocycles. The van der Waals surface area contributed by atoms with Crippen molar-refractivity contribution in [1.82, 2.24) is 4.98 Å². The minimum absolute atomic E-state index is 0. The third kappa shape index (κ3) is 5.83. The summed E-state index contributed by atoms with van der Waals surface area (Å²) in [4.78, 5) is 14.2. The van der Waals surface area contributed by atoms with E-state index in [1.165, 1.54) is 16.9 Å². The molecule has 0 fully saturated rings. The molecular weight excluding hydrogens is 284 g/mol. The standard InChI is InChI=1S/C8H12N2.C5H4O2S.ClH/c1-6-3-7(2)10-5-8(6)4-9;6-5(7)4-1-2-8-3-4;/h3,5H,4,9H2,1-2H3;1-3H,(H,6,7);1H. The third-order valence-corrected chi connectivity index (χ3v) is 3.03. The smallest absolute Gasteiger partial charge is 0.336 e. The molecule has 19 heavy (non-hydrogen) atoms. The van der Waals surface area contributed by atoms with Gasteiger partial charge in [0.1, 0.15) is 0 Å². The van der Waals surface area contributed by atoms with Gasteiger partial charge < -0.3 is 10.8 Å². The number of hydrogen-bond acceptors (Lipinski definition) is 4. The molecule has 0 aromatic carbocycles. The highest BCUT2D eigenvalue weighted by Crippen LogP contribution is 2.05. The van der Waals surface area contributed by atoms with E-state index in [1.54, 1.807) is 16.8 Å². The van der Waals surface area contributed by atoms with Crippen molar-refractivity contribution in [2.24, 2.45) is 5.73 Å². The molecule has 0 atom stereocenters. The highest BCUT2D eigenvalue weighted by atomic mass is 35.5. The molecule has 0 unspecified atom stereocenters. The number of thiophene rings is 1. The number of carbonyl (C=O) groups is 1. The molecule has 2 aromatic rings. The lowest BCUT2D eigenvalue weighted by molar-refractivity contribution is 0.0697. The Hall–Kier alpha value is -1.43. The summed E-state index contributed by atoms with van der Waals surface area (Å²) in [7, 11) is 0. The Balaban J connectivity index is 0.000000331. The topological polar surface area (TPSA) is 76.2 Å². The quantitative estimate of drug-likeness (QED) is 0.894. The Bertz CT molecular complexity index is 515. The van der Waals surface area contributed by atoms with Crippen molar-refractivity contribution in [3.05, 3.63) is 51.5 Å². The van der Waals surface area contributed by atoms with Crippen molar-refractivity contribution in [2.45, 2.75) is 20.4 Å². The average Bonchev–Trinajstić information content (AvgIpc) is 2.83. The number of aromatic carboxylic acids is 1. The number of pyridine rings is 1. The van der Waals surface area contributed by atoms with E-state index in [0.717, 1.165) is 11.3 Å². The van der Waals surface area contributed by atoms with Crippen LogP contribution in [0.2, 0.25) is 0 Å². The SMILES string of the molecule is Cc1cc(C)c(CN)cn1.Cl.O=C(O)c1ccsc1. The normalized spacial score (nSPS) is 9.00. The zero-order valence-corrected chi connectivity index (χ0v) is 12.4. The molecule has 0 saturated heterocycles. The van der Waals surface area contributed by atoms with Crippen molar-refractivity contribution in [3.8, 4) is 0 Å². The lowest BCUT2D eigenvalue weighted by Gasteiger charge is -2.01. The summed E-state index contributed by atoms with van der Waals surface area (Å²) in [6.45, 7) is 4.61. The van der Waals surface area contributed by atoms with Crippen molar-refractivity contribution < 1.29 is 9.90 Å². The van der Waals surface area contributed by atoms with E-state index in [9.17, 15) is 4.79 Å². The molecule has 0 radical (unpaired) electrons. The first-order valence-corrected chi connectivity index (χ1v) is 6.36. The molecule has 2 rings (SSSR count). The Morgan fingerprint density at radius 2 is 2.16 bits per heavy atom. The maximum atomic E-state index is 10.1. The van der Waals surface area contributed by atoms with Crippen LogP contribution in [0.4, 0.5) is 0 Å². The van der Waals surface area contributed by atoms with Gasteiger partial charge in [-0.25, -0.2) is 4.79 Å². The number of carboxylic acids is 1. The zero-order valence-electron chi connectivity index (χ0n) is 10.8. The van der Waals surface area contributed by atoms with Crippen LogP contribution in [0.3, 0.4) is 0 Å². The Kier molecular flexibility index (Phi) is 7.98. The second kappa shape index (κ2) is 8.63. The van der Waals surface area contributed by atoms with Crippen LogP contribution in [0.15, 0.2) is 29.1 Å². The molecule has 0 saturated carbocycles. The predicted molar refractivity (Wildman–Crippen MR) is 80.1 cm³/mol. The van der Waals surface area contributed by atoms with Crippen LogP contribution in [-0.2, 0) is 6.54 Å². The largest absolute Gasteiger partial charge is 0.478 e. The summed E-state index contributed by atoms with van der Waals surface area (Å²) in [5.74, 6) is -0.855. The van der Waals surface area contributed by atoms with Crippen LogP contribution in [0.5, 0.6) is 0 Å². The number of nitrogens with zero attached hydrogens (tertiary/aromatic N) is 1. The molecule has 4 nitrogen and oxygen atoms in total. The molecule has 104 valence electrons. The lowest BCUT2D eigenvalue weighted by Crippen LogP contribution is -2.00. The molecule has 0 aliphatic carbocycles. The fourth-order valence-electron chi connectivity index (χ4n) is 1.32. The minimum Gasteiger partial charge on any atom is -0.478 e. The molecule has 2 aromatic heterocycles. The van der Waals surface area contributed by atoms with Gasteiger partial charge in [-0.1, -0.05) is 0 Å². The molecular formula is C13H17ClN2O2S. The summed E-state index contributed by atoms with van der Waals surface area (Å²) in [5, 5.41) is 11.6. The second-order valence-corrected chi connectivity index (χ2v) is 4.55. The van der Waals surface area contributed by atoms with Gasteiger partial charge in [0.2, 0.25) is 0 Å². The van der Waals surface area contributed by atoms with Gasteiger partial charge in [-0.15, -0.1) is 12.4 Å². The first-order chi connectivity index (χ1) is 8.54. The van der Waals surface area contributed by atoms with Gasteiger partial charge in [0.05, 0.1) is 5.56 Å². The van der Waals surface area contributed by atoms with Gasteiger partial charge in [0.15, 0.2) is 0 Å². The van der Waals surface area contributed by atoms with Crippen molar-refractivity contribution in [1.29, 1.82) is 0 Å². The monoisotopic (exact) mass is 300 g/mol. The van der Waals surface area contributed by atoms with Crippen molar-refractivity contribution in [2.75, 3.05) is 0 Å².